The van der Waals surface area contributed by atoms with Crippen LogP contribution >= 0.6 is 0 Å². The van der Waals surface area contributed by atoms with Crippen molar-refractivity contribution in [1.82, 2.24) is 4.98 Å². The quantitative estimate of drug-likeness (QED) is 0.180. The standard InChI is InChI=1S/C44H32N2/c1-31-14-12-25-42(45-31)46(36-19-6-3-7-20-36)37-28-26-33(27-29-37)43-38-21-8-10-23-40(38)44(41-24-11-9-22-39(41)43)35-18-13-17-34(30-35)32-15-4-2-5-16-32/h2-30H,1H3. The largest absolute Gasteiger partial charge is 0.295 e. The summed E-state index contributed by atoms with van der Waals surface area (Å²) in [7, 11) is 0. The summed E-state index contributed by atoms with van der Waals surface area (Å²) in [6, 6.07) is 62.8. The molecule has 0 fully saturated rings. The molecule has 46 heavy (non-hydrogen) atoms. The number of anilines is 3. The molecule has 0 radical (unpaired) electrons. The summed E-state index contributed by atoms with van der Waals surface area (Å²) in [5.74, 6) is 0.900. The fourth-order valence-corrected chi connectivity index (χ4v) is 6.66. The second-order valence-corrected chi connectivity index (χ2v) is 11.6. The Balaban J connectivity index is 1.30. The molecule has 0 N–H and O–H groups in total. The molecule has 0 bridgehead atoms. The molecule has 8 rings (SSSR count). The van der Waals surface area contributed by atoms with Gasteiger partial charge in [0.2, 0.25) is 0 Å². The van der Waals surface area contributed by atoms with Gasteiger partial charge in [-0.2, -0.15) is 0 Å². The molecule has 8 aromatic rings. The monoisotopic (exact) mass is 588 g/mol. The van der Waals surface area contributed by atoms with Crippen molar-refractivity contribution in [2.75, 3.05) is 4.90 Å². The van der Waals surface area contributed by atoms with Gasteiger partial charge in [-0.15, -0.1) is 0 Å². The Morgan fingerprint density at radius 3 is 1.46 bits per heavy atom. The van der Waals surface area contributed by atoms with E-state index < -0.39 is 0 Å². The molecule has 0 aliphatic rings. The average molecular weight is 589 g/mol. The van der Waals surface area contributed by atoms with Gasteiger partial charge in [-0.3, -0.25) is 4.90 Å². The lowest BCUT2D eigenvalue weighted by atomic mass is 9.85. The van der Waals surface area contributed by atoms with Crippen LogP contribution in [0.1, 0.15) is 5.69 Å². The van der Waals surface area contributed by atoms with E-state index in [0.717, 1.165) is 22.9 Å². The van der Waals surface area contributed by atoms with Gasteiger partial charge in [-0.05, 0) is 104 Å². The summed E-state index contributed by atoms with van der Waals surface area (Å²) in [6.45, 7) is 2.04. The first-order valence-electron chi connectivity index (χ1n) is 15.7. The highest BCUT2D eigenvalue weighted by Gasteiger charge is 2.18. The Morgan fingerprint density at radius 2 is 0.848 bits per heavy atom. The molecule has 0 saturated carbocycles. The zero-order valence-corrected chi connectivity index (χ0v) is 25.6. The smallest absolute Gasteiger partial charge is 0.137 e. The molecule has 1 heterocycles. The Kier molecular flexibility index (Phi) is 7.09. The van der Waals surface area contributed by atoms with Crippen LogP contribution in [0.4, 0.5) is 17.2 Å². The highest BCUT2D eigenvalue weighted by atomic mass is 15.2. The Bertz CT molecular complexity index is 2250. The average Bonchev–Trinajstić information content (AvgIpc) is 3.12. The molecule has 7 aromatic carbocycles. The summed E-state index contributed by atoms with van der Waals surface area (Å²) in [6.07, 6.45) is 0. The van der Waals surface area contributed by atoms with Crippen molar-refractivity contribution >= 4 is 38.7 Å². The SMILES string of the molecule is Cc1cccc(N(c2ccccc2)c2ccc(-c3c4ccccc4c(-c4cccc(-c5ccccc5)c4)c4ccccc34)cc2)n1. The molecule has 0 atom stereocenters. The number of para-hydroxylation sites is 1. The molecule has 0 amide bonds. The first kappa shape index (κ1) is 27.6. The number of pyridine rings is 1. The van der Waals surface area contributed by atoms with Crippen LogP contribution in [0.15, 0.2) is 176 Å². The van der Waals surface area contributed by atoms with Gasteiger partial charge < -0.3 is 0 Å². The van der Waals surface area contributed by atoms with E-state index in [1.54, 1.807) is 0 Å². The maximum atomic E-state index is 4.88. The van der Waals surface area contributed by atoms with Gasteiger partial charge in [0.25, 0.3) is 0 Å². The summed E-state index contributed by atoms with van der Waals surface area (Å²) < 4.78 is 0. The Hall–Kier alpha value is -5.99. The summed E-state index contributed by atoms with van der Waals surface area (Å²) in [4.78, 5) is 7.10. The number of aromatic nitrogens is 1. The van der Waals surface area contributed by atoms with Crippen molar-refractivity contribution < 1.29 is 0 Å². The maximum absolute atomic E-state index is 4.88. The van der Waals surface area contributed by atoms with Crippen molar-refractivity contribution in [3.8, 4) is 33.4 Å². The minimum atomic E-state index is 0.900. The van der Waals surface area contributed by atoms with E-state index in [0.29, 0.717) is 0 Å². The van der Waals surface area contributed by atoms with Crippen LogP contribution in [0, 0.1) is 6.92 Å². The lowest BCUT2D eigenvalue weighted by Gasteiger charge is -2.25. The van der Waals surface area contributed by atoms with Crippen LogP contribution in [-0.2, 0) is 0 Å². The summed E-state index contributed by atoms with van der Waals surface area (Å²) in [5.41, 5.74) is 10.5. The molecule has 0 spiro atoms. The van der Waals surface area contributed by atoms with E-state index in [2.05, 4.69) is 169 Å². The molecular weight excluding hydrogens is 556 g/mol. The molecular formula is C44H32N2. The highest BCUT2D eigenvalue weighted by molar-refractivity contribution is 6.21. The Labute approximate surface area is 269 Å². The van der Waals surface area contributed by atoms with Gasteiger partial charge in [0.1, 0.15) is 5.82 Å². The van der Waals surface area contributed by atoms with Crippen molar-refractivity contribution in [3.63, 3.8) is 0 Å². The predicted octanol–water partition coefficient (Wildman–Crippen LogP) is 12.2. The maximum Gasteiger partial charge on any atom is 0.137 e. The molecule has 1 aromatic heterocycles. The summed E-state index contributed by atoms with van der Waals surface area (Å²) in [5, 5.41) is 4.99. The number of rotatable bonds is 6. The van der Waals surface area contributed by atoms with Gasteiger partial charge in [0.05, 0.1) is 0 Å². The van der Waals surface area contributed by atoms with Gasteiger partial charge in [0.15, 0.2) is 0 Å². The summed E-state index contributed by atoms with van der Waals surface area (Å²) >= 11 is 0. The molecule has 0 aliphatic heterocycles. The van der Waals surface area contributed by atoms with Crippen LogP contribution in [0.3, 0.4) is 0 Å². The Morgan fingerprint density at radius 1 is 0.370 bits per heavy atom. The van der Waals surface area contributed by atoms with E-state index in [1.165, 1.54) is 54.9 Å². The van der Waals surface area contributed by atoms with Crippen LogP contribution in [0.5, 0.6) is 0 Å². The zero-order valence-electron chi connectivity index (χ0n) is 25.6. The number of benzene rings is 7. The van der Waals surface area contributed by atoms with Gasteiger partial charge in [-0.1, -0.05) is 133 Å². The lowest BCUT2D eigenvalue weighted by Crippen LogP contribution is -2.11. The van der Waals surface area contributed by atoms with E-state index in [-0.39, 0.29) is 0 Å². The minimum Gasteiger partial charge on any atom is -0.295 e. The van der Waals surface area contributed by atoms with Crippen molar-refractivity contribution in [2.24, 2.45) is 0 Å². The number of fused-ring (bicyclic) bond motifs is 2. The molecule has 0 aliphatic carbocycles. The van der Waals surface area contributed by atoms with Crippen LogP contribution in [0.25, 0.3) is 54.9 Å². The number of aryl methyl sites for hydroxylation is 1. The minimum absolute atomic E-state index is 0.900. The third-order valence-corrected chi connectivity index (χ3v) is 8.72. The normalized spacial score (nSPS) is 11.2. The second kappa shape index (κ2) is 11.8. The molecule has 2 heteroatoms. The fraction of sp³-hybridized carbons (Fsp3) is 0.0227. The number of hydrogen-bond donors (Lipinski definition) is 0. The van der Waals surface area contributed by atoms with Crippen LogP contribution < -0.4 is 4.90 Å². The molecule has 2 nitrogen and oxygen atoms in total. The lowest BCUT2D eigenvalue weighted by molar-refractivity contribution is 1.13. The third kappa shape index (κ3) is 5.00. The van der Waals surface area contributed by atoms with Crippen LogP contribution in [0.2, 0.25) is 0 Å². The highest BCUT2D eigenvalue weighted by Crippen LogP contribution is 2.45. The molecule has 218 valence electrons. The van der Waals surface area contributed by atoms with E-state index in [9.17, 15) is 0 Å². The molecule has 0 unspecified atom stereocenters. The van der Waals surface area contributed by atoms with Gasteiger partial charge >= 0.3 is 0 Å². The van der Waals surface area contributed by atoms with Crippen molar-refractivity contribution in [3.05, 3.63) is 182 Å². The van der Waals surface area contributed by atoms with E-state index >= 15 is 0 Å². The molecule has 0 saturated heterocycles. The zero-order chi connectivity index (χ0) is 30.9. The first-order chi connectivity index (χ1) is 22.7. The van der Waals surface area contributed by atoms with Crippen molar-refractivity contribution in [2.45, 2.75) is 6.92 Å². The number of nitrogens with zero attached hydrogens (tertiary/aromatic N) is 2. The van der Waals surface area contributed by atoms with E-state index in [4.69, 9.17) is 4.98 Å². The predicted molar refractivity (Wildman–Crippen MR) is 195 cm³/mol. The second-order valence-electron chi connectivity index (χ2n) is 11.6. The third-order valence-electron chi connectivity index (χ3n) is 8.72. The van der Waals surface area contributed by atoms with E-state index in [1.807, 2.05) is 19.1 Å². The number of hydrogen-bond acceptors (Lipinski definition) is 2. The van der Waals surface area contributed by atoms with Gasteiger partial charge in [0, 0.05) is 17.1 Å². The topological polar surface area (TPSA) is 16.1 Å². The van der Waals surface area contributed by atoms with Crippen LogP contribution in [-0.4, -0.2) is 4.98 Å². The van der Waals surface area contributed by atoms with Crippen molar-refractivity contribution in [1.29, 1.82) is 0 Å². The van der Waals surface area contributed by atoms with Gasteiger partial charge in [-0.25, -0.2) is 4.98 Å². The first-order valence-corrected chi connectivity index (χ1v) is 15.7. The fourth-order valence-electron chi connectivity index (χ4n) is 6.66.